The predicted molar refractivity (Wildman–Crippen MR) is 107 cm³/mol. The van der Waals surface area contributed by atoms with Gasteiger partial charge in [-0.05, 0) is 30.0 Å². The third-order valence-corrected chi connectivity index (χ3v) is 4.55. The third kappa shape index (κ3) is 4.48. The molecule has 3 rings (SSSR count). The fourth-order valence-electron chi connectivity index (χ4n) is 3.14. The Morgan fingerprint density at radius 3 is 2.38 bits per heavy atom. The summed E-state index contributed by atoms with van der Waals surface area (Å²) >= 11 is 0. The van der Waals surface area contributed by atoms with Crippen molar-refractivity contribution in [3.63, 3.8) is 0 Å². The van der Waals surface area contributed by atoms with Crippen LogP contribution in [0.2, 0.25) is 0 Å². The highest BCUT2D eigenvalue weighted by Gasteiger charge is 2.30. The van der Waals surface area contributed by atoms with E-state index in [1.807, 2.05) is 13.8 Å². The van der Waals surface area contributed by atoms with Gasteiger partial charge in [0.1, 0.15) is 11.6 Å². The van der Waals surface area contributed by atoms with Crippen LogP contribution in [0.1, 0.15) is 37.9 Å². The van der Waals surface area contributed by atoms with Crippen molar-refractivity contribution in [3.8, 4) is 0 Å². The van der Waals surface area contributed by atoms with Crippen molar-refractivity contribution in [2.75, 3.05) is 0 Å². The lowest BCUT2D eigenvalue weighted by Crippen LogP contribution is -2.42. The van der Waals surface area contributed by atoms with Crippen LogP contribution >= 0.6 is 0 Å². The van der Waals surface area contributed by atoms with E-state index < -0.39 is 29.5 Å². The maximum atomic E-state index is 13.1. The van der Waals surface area contributed by atoms with Crippen molar-refractivity contribution in [3.05, 3.63) is 70.5 Å². The molecule has 0 saturated carbocycles. The first-order chi connectivity index (χ1) is 13.9. The molecule has 3 aromatic rings. The van der Waals surface area contributed by atoms with E-state index >= 15 is 0 Å². The molecule has 0 aliphatic heterocycles. The number of nitrogens with zero attached hydrogens (tertiary/aromatic N) is 3. The van der Waals surface area contributed by atoms with Gasteiger partial charge in [0, 0.05) is 0 Å². The molecular weight excluding hydrogens is 372 g/mol. The molecule has 0 radical (unpaired) electrons. The number of hydrogen-bond acceptors (Lipinski definition) is 5. The van der Waals surface area contributed by atoms with Gasteiger partial charge < -0.3 is 10.4 Å². The van der Waals surface area contributed by atoms with E-state index in [0.29, 0.717) is 22.9 Å². The SMILES string of the molecule is CC(C)C[C@@H](C(=O)N[C@H](C(=O)O)c1ccccc1)n1nnc2ccccc2c1=O. The van der Waals surface area contributed by atoms with E-state index in [1.54, 1.807) is 54.6 Å². The number of benzene rings is 2. The maximum absolute atomic E-state index is 13.1. The molecule has 0 aliphatic rings. The summed E-state index contributed by atoms with van der Waals surface area (Å²) in [5.41, 5.74) is 0.432. The molecule has 1 aromatic heterocycles. The molecule has 8 heteroatoms. The average Bonchev–Trinajstić information content (AvgIpc) is 2.71. The van der Waals surface area contributed by atoms with Crippen molar-refractivity contribution < 1.29 is 14.7 Å². The number of carbonyl (C=O) groups excluding carboxylic acids is 1. The quantitative estimate of drug-likeness (QED) is 0.636. The molecule has 1 heterocycles. The van der Waals surface area contributed by atoms with E-state index in [2.05, 4.69) is 15.6 Å². The second-order valence-corrected chi connectivity index (χ2v) is 7.19. The molecule has 0 bridgehead atoms. The molecular formula is C21H22N4O4. The monoisotopic (exact) mass is 394 g/mol. The molecule has 2 N–H and O–H groups in total. The Kier molecular flexibility index (Phi) is 6.01. The summed E-state index contributed by atoms with van der Waals surface area (Å²) in [4.78, 5) is 37.7. The number of aliphatic carboxylic acids is 1. The van der Waals surface area contributed by atoms with Gasteiger partial charge in [0.05, 0.1) is 5.39 Å². The predicted octanol–water partition coefficient (Wildman–Crippen LogP) is 2.32. The Morgan fingerprint density at radius 1 is 1.07 bits per heavy atom. The minimum absolute atomic E-state index is 0.0610. The van der Waals surface area contributed by atoms with Crippen LogP contribution in [0.3, 0.4) is 0 Å². The van der Waals surface area contributed by atoms with Gasteiger partial charge in [-0.2, -0.15) is 4.68 Å². The van der Waals surface area contributed by atoms with Crippen molar-refractivity contribution in [2.45, 2.75) is 32.4 Å². The van der Waals surface area contributed by atoms with Gasteiger partial charge >= 0.3 is 5.97 Å². The normalized spacial score (nSPS) is 13.2. The van der Waals surface area contributed by atoms with Gasteiger partial charge in [-0.15, -0.1) is 5.10 Å². The second kappa shape index (κ2) is 8.64. The molecule has 2 atom stereocenters. The first-order valence-corrected chi connectivity index (χ1v) is 9.31. The summed E-state index contributed by atoms with van der Waals surface area (Å²) < 4.78 is 1.04. The zero-order chi connectivity index (χ0) is 21.0. The molecule has 29 heavy (non-hydrogen) atoms. The van der Waals surface area contributed by atoms with Crippen LogP contribution in [0.5, 0.6) is 0 Å². The smallest absolute Gasteiger partial charge is 0.330 e. The minimum Gasteiger partial charge on any atom is -0.479 e. The highest BCUT2D eigenvalue weighted by molar-refractivity contribution is 5.87. The highest BCUT2D eigenvalue weighted by atomic mass is 16.4. The fraction of sp³-hybridized carbons (Fsp3) is 0.286. The summed E-state index contributed by atoms with van der Waals surface area (Å²) in [6.07, 6.45) is 0.305. The summed E-state index contributed by atoms with van der Waals surface area (Å²) in [5, 5.41) is 20.5. The topological polar surface area (TPSA) is 114 Å². The molecule has 2 aromatic carbocycles. The van der Waals surface area contributed by atoms with Crippen LogP contribution in [0.15, 0.2) is 59.4 Å². The van der Waals surface area contributed by atoms with Gasteiger partial charge in [-0.3, -0.25) is 9.59 Å². The summed E-state index contributed by atoms with van der Waals surface area (Å²) in [6.45, 7) is 3.82. The Labute approximate surface area is 167 Å². The third-order valence-electron chi connectivity index (χ3n) is 4.55. The lowest BCUT2D eigenvalue weighted by molar-refractivity contribution is -0.142. The summed E-state index contributed by atoms with van der Waals surface area (Å²) in [5.74, 6) is -1.72. The number of rotatable bonds is 7. The van der Waals surface area contributed by atoms with E-state index in [4.69, 9.17) is 0 Å². The molecule has 0 saturated heterocycles. The van der Waals surface area contributed by atoms with Crippen LogP contribution in [-0.4, -0.2) is 32.0 Å². The van der Waals surface area contributed by atoms with Gasteiger partial charge in [0.15, 0.2) is 6.04 Å². The van der Waals surface area contributed by atoms with Crippen molar-refractivity contribution in [2.24, 2.45) is 5.92 Å². The van der Waals surface area contributed by atoms with Crippen LogP contribution in [-0.2, 0) is 9.59 Å². The first-order valence-electron chi connectivity index (χ1n) is 9.31. The number of nitrogens with one attached hydrogen (secondary N) is 1. The zero-order valence-corrected chi connectivity index (χ0v) is 16.1. The number of carbonyl (C=O) groups is 2. The van der Waals surface area contributed by atoms with Gasteiger partial charge in [-0.1, -0.05) is 61.5 Å². The Hall–Kier alpha value is -3.55. The number of hydrogen-bond donors (Lipinski definition) is 2. The van der Waals surface area contributed by atoms with Gasteiger partial charge in [-0.25, -0.2) is 4.79 Å². The summed E-state index contributed by atoms with van der Waals surface area (Å²) in [7, 11) is 0. The second-order valence-electron chi connectivity index (χ2n) is 7.19. The summed E-state index contributed by atoms with van der Waals surface area (Å²) in [6, 6.07) is 12.9. The molecule has 150 valence electrons. The lowest BCUT2D eigenvalue weighted by Gasteiger charge is -2.22. The Bertz CT molecular complexity index is 1080. The van der Waals surface area contributed by atoms with Gasteiger partial charge in [0.25, 0.3) is 5.56 Å². The number of carboxylic acids is 1. The van der Waals surface area contributed by atoms with Crippen LogP contribution < -0.4 is 10.9 Å². The van der Waals surface area contributed by atoms with Gasteiger partial charge in [0.2, 0.25) is 5.91 Å². The first kappa shape index (κ1) is 20.2. The number of fused-ring (bicyclic) bond motifs is 1. The highest BCUT2D eigenvalue weighted by Crippen LogP contribution is 2.19. The molecule has 0 unspecified atom stereocenters. The Balaban J connectivity index is 1.98. The molecule has 1 amide bonds. The Morgan fingerprint density at radius 2 is 1.72 bits per heavy atom. The van der Waals surface area contributed by atoms with Crippen molar-refractivity contribution in [1.29, 1.82) is 0 Å². The van der Waals surface area contributed by atoms with Crippen molar-refractivity contribution >= 4 is 22.8 Å². The standard InChI is InChI=1S/C21H22N4O4/c1-13(2)12-17(25-20(27)15-10-6-7-11-16(15)23-24-25)19(26)22-18(21(28)29)14-8-4-3-5-9-14/h3-11,13,17-18H,12H2,1-2H3,(H,22,26)(H,28,29)/t17-,18-/m0/s1. The van der Waals surface area contributed by atoms with Crippen LogP contribution in [0.4, 0.5) is 0 Å². The molecule has 8 nitrogen and oxygen atoms in total. The molecule has 0 spiro atoms. The van der Waals surface area contributed by atoms with Crippen LogP contribution in [0, 0.1) is 5.92 Å². The van der Waals surface area contributed by atoms with E-state index in [9.17, 15) is 19.5 Å². The molecule has 0 aliphatic carbocycles. The average molecular weight is 394 g/mol. The van der Waals surface area contributed by atoms with Crippen LogP contribution in [0.25, 0.3) is 10.9 Å². The zero-order valence-electron chi connectivity index (χ0n) is 16.1. The number of amides is 1. The fourth-order valence-corrected chi connectivity index (χ4v) is 3.14. The lowest BCUT2D eigenvalue weighted by atomic mass is 10.0. The van der Waals surface area contributed by atoms with E-state index in [0.717, 1.165) is 4.68 Å². The molecule has 0 fully saturated rings. The van der Waals surface area contributed by atoms with E-state index in [-0.39, 0.29) is 5.92 Å². The van der Waals surface area contributed by atoms with Crippen molar-refractivity contribution in [1.82, 2.24) is 20.3 Å². The number of carboxylic acid groups (broad SMARTS) is 1. The van der Waals surface area contributed by atoms with E-state index in [1.165, 1.54) is 0 Å². The largest absolute Gasteiger partial charge is 0.479 e. The minimum atomic E-state index is -1.23. The maximum Gasteiger partial charge on any atom is 0.330 e. The number of aromatic nitrogens is 3.